The molecule has 1 saturated carbocycles. The van der Waals surface area contributed by atoms with Gasteiger partial charge in [0.05, 0.1) is 11.9 Å². The van der Waals surface area contributed by atoms with Gasteiger partial charge in [0.15, 0.2) is 17.4 Å². The van der Waals surface area contributed by atoms with E-state index in [4.69, 9.17) is 9.47 Å². The average Bonchev–Trinajstić information content (AvgIpc) is 3.58. The minimum Gasteiger partial charge on any atom is -0.485 e. The number of rotatable bonds is 9. The molecule has 4 rings (SSSR count). The maximum atomic E-state index is 14.0. The molecule has 0 bridgehead atoms. The Labute approximate surface area is 197 Å². The molecule has 3 aromatic rings. The summed E-state index contributed by atoms with van der Waals surface area (Å²) in [6.45, 7) is 1.82. The first-order chi connectivity index (χ1) is 16.6. The molecule has 184 valence electrons. The maximum absolute atomic E-state index is 14.0. The third kappa shape index (κ3) is 6.55. The van der Waals surface area contributed by atoms with E-state index >= 15 is 0 Å². The van der Waals surface area contributed by atoms with Crippen molar-refractivity contribution in [3.8, 4) is 11.6 Å². The van der Waals surface area contributed by atoms with Gasteiger partial charge in [0.25, 0.3) is 0 Å². The first-order valence-corrected chi connectivity index (χ1v) is 10.6. The van der Waals surface area contributed by atoms with E-state index in [1.807, 2.05) is 0 Å². The summed E-state index contributed by atoms with van der Waals surface area (Å²) in [7, 11) is 0. The number of alkyl halides is 2. The quantitative estimate of drug-likeness (QED) is 0.403. The van der Waals surface area contributed by atoms with Gasteiger partial charge in [-0.25, -0.2) is 18.7 Å². The summed E-state index contributed by atoms with van der Waals surface area (Å²) in [5, 5.41) is 5.39. The highest BCUT2D eigenvalue weighted by molar-refractivity contribution is 5.88. The number of carbonyl (C=O) groups is 1. The molecule has 12 heteroatoms. The van der Waals surface area contributed by atoms with Gasteiger partial charge in [-0.15, -0.1) is 0 Å². The average molecular weight is 491 g/mol. The zero-order valence-corrected chi connectivity index (χ0v) is 18.7. The number of pyridine rings is 1. The minimum atomic E-state index is -3.33. The van der Waals surface area contributed by atoms with Crippen LogP contribution in [0.3, 0.4) is 0 Å². The Morgan fingerprint density at radius 3 is 2.54 bits per heavy atom. The van der Waals surface area contributed by atoms with Crippen LogP contribution >= 0.6 is 0 Å². The van der Waals surface area contributed by atoms with Gasteiger partial charge in [-0.05, 0) is 30.5 Å². The van der Waals surface area contributed by atoms with Gasteiger partial charge in [-0.1, -0.05) is 6.07 Å². The summed E-state index contributed by atoms with van der Waals surface area (Å²) >= 11 is 0. The van der Waals surface area contributed by atoms with Crippen LogP contribution in [0.25, 0.3) is 0 Å². The van der Waals surface area contributed by atoms with E-state index in [-0.39, 0.29) is 47.6 Å². The second-order valence-corrected chi connectivity index (χ2v) is 8.03. The molecule has 0 radical (unpaired) electrons. The van der Waals surface area contributed by atoms with Crippen LogP contribution in [0, 0.1) is 11.6 Å². The van der Waals surface area contributed by atoms with Crippen molar-refractivity contribution in [1.82, 2.24) is 15.0 Å². The SMILES string of the molecule is CC(=O)Nc1cc(Nc2cc(OC3CC3)nc(C(C)(F)F)n2)c(OCc2ccc(F)c(F)c2)cn1. The number of hydrogen-bond donors (Lipinski definition) is 2. The van der Waals surface area contributed by atoms with Crippen molar-refractivity contribution >= 4 is 23.2 Å². The van der Waals surface area contributed by atoms with E-state index in [9.17, 15) is 22.4 Å². The number of halogens is 4. The summed E-state index contributed by atoms with van der Waals surface area (Å²) in [4.78, 5) is 23.2. The van der Waals surface area contributed by atoms with Gasteiger partial charge in [0.2, 0.25) is 17.6 Å². The molecular weight excluding hydrogens is 470 g/mol. The molecule has 35 heavy (non-hydrogen) atoms. The largest absolute Gasteiger partial charge is 0.485 e. The molecule has 2 aromatic heterocycles. The van der Waals surface area contributed by atoms with Gasteiger partial charge in [0, 0.05) is 26.0 Å². The van der Waals surface area contributed by atoms with Crippen LogP contribution in [0.5, 0.6) is 11.6 Å². The molecule has 0 saturated heterocycles. The summed E-state index contributed by atoms with van der Waals surface area (Å²) in [6.07, 6.45) is 2.80. The Morgan fingerprint density at radius 1 is 1.11 bits per heavy atom. The number of benzene rings is 1. The second-order valence-electron chi connectivity index (χ2n) is 8.03. The molecule has 2 heterocycles. The molecule has 1 aliphatic carbocycles. The normalized spacial score (nSPS) is 13.3. The fraction of sp³-hybridized carbons (Fsp3) is 0.304. The van der Waals surface area contributed by atoms with Crippen molar-refractivity contribution in [2.24, 2.45) is 0 Å². The lowest BCUT2D eigenvalue weighted by atomic mass is 10.2. The lowest BCUT2D eigenvalue weighted by Gasteiger charge is -2.16. The van der Waals surface area contributed by atoms with Crippen LogP contribution < -0.4 is 20.1 Å². The van der Waals surface area contributed by atoms with Crippen LogP contribution in [-0.2, 0) is 17.3 Å². The third-order valence-electron chi connectivity index (χ3n) is 4.72. The Hall–Kier alpha value is -3.96. The number of amides is 1. The highest BCUT2D eigenvalue weighted by Crippen LogP contribution is 2.34. The van der Waals surface area contributed by atoms with Gasteiger partial charge in [0.1, 0.15) is 24.3 Å². The van der Waals surface area contributed by atoms with Crippen molar-refractivity contribution in [2.45, 2.75) is 45.3 Å². The molecule has 1 aliphatic rings. The maximum Gasteiger partial charge on any atom is 0.304 e. The number of ether oxygens (including phenoxy) is 2. The molecule has 0 unspecified atom stereocenters. The molecule has 0 spiro atoms. The monoisotopic (exact) mass is 491 g/mol. The van der Waals surface area contributed by atoms with E-state index in [2.05, 4.69) is 25.6 Å². The van der Waals surface area contributed by atoms with Crippen molar-refractivity contribution in [3.63, 3.8) is 0 Å². The molecule has 1 amide bonds. The van der Waals surface area contributed by atoms with Crippen molar-refractivity contribution in [2.75, 3.05) is 10.6 Å². The summed E-state index contributed by atoms with van der Waals surface area (Å²) in [5.41, 5.74) is 0.559. The molecule has 0 atom stereocenters. The fourth-order valence-electron chi connectivity index (χ4n) is 2.94. The van der Waals surface area contributed by atoms with E-state index in [0.717, 1.165) is 25.0 Å². The van der Waals surface area contributed by atoms with Crippen LogP contribution in [0.4, 0.5) is 34.9 Å². The summed E-state index contributed by atoms with van der Waals surface area (Å²) in [6, 6.07) is 6.09. The topological polar surface area (TPSA) is 98.3 Å². The van der Waals surface area contributed by atoms with Crippen molar-refractivity contribution < 1.29 is 31.8 Å². The number of nitrogens with zero attached hydrogens (tertiary/aromatic N) is 3. The van der Waals surface area contributed by atoms with Crippen molar-refractivity contribution in [3.05, 3.63) is 59.6 Å². The van der Waals surface area contributed by atoms with Gasteiger partial charge < -0.3 is 20.1 Å². The van der Waals surface area contributed by atoms with Crippen molar-refractivity contribution in [1.29, 1.82) is 0 Å². The smallest absolute Gasteiger partial charge is 0.304 e. The first kappa shape index (κ1) is 24.2. The van der Waals surface area contributed by atoms with Gasteiger partial charge in [-0.3, -0.25) is 4.79 Å². The zero-order valence-electron chi connectivity index (χ0n) is 18.7. The standard InChI is InChI=1S/C23H21F4N5O3/c1-12(33)29-19-8-17(18(10-28-19)34-11-13-3-6-15(24)16(25)7-13)30-20-9-21(35-14-4-5-14)32-22(31-20)23(2,26)27/h3,6-10,14H,4-5,11H2,1-2H3,(H2,28,29,30,31,32,33). The fourth-order valence-corrected chi connectivity index (χ4v) is 2.94. The summed E-state index contributed by atoms with van der Waals surface area (Å²) < 4.78 is 66.0. The van der Waals surface area contributed by atoms with E-state index < -0.39 is 23.4 Å². The van der Waals surface area contributed by atoms with Crippen LogP contribution in [0.15, 0.2) is 36.5 Å². The molecule has 8 nitrogen and oxygen atoms in total. The van der Waals surface area contributed by atoms with Gasteiger partial charge in [-0.2, -0.15) is 13.8 Å². The number of hydrogen-bond acceptors (Lipinski definition) is 7. The number of nitrogens with one attached hydrogen (secondary N) is 2. The van der Waals surface area contributed by atoms with Crippen LogP contribution in [-0.4, -0.2) is 27.0 Å². The van der Waals surface area contributed by atoms with Gasteiger partial charge >= 0.3 is 5.92 Å². The number of anilines is 3. The Bertz CT molecular complexity index is 1250. The number of aromatic nitrogens is 3. The molecule has 0 aliphatic heterocycles. The predicted octanol–water partition coefficient (Wildman–Crippen LogP) is 5.08. The second kappa shape index (κ2) is 9.72. The molecule has 2 N–H and O–H groups in total. The van der Waals surface area contributed by atoms with E-state index in [0.29, 0.717) is 12.5 Å². The molecule has 1 aromatic carbocycles. The Balaban J connectivity index is 1.64. The highest BCUT2D eigenvalue weighted by atomic mass is 19.3. The third-order valence-corrected chi connectivity index (χ3v) is 4.72. The Morgan fingerprint density at radius 2 is 1.89 bits per heavy atom. The summed E-state index contributed by atoms with van der Waals surface area (Å²) in [5.74, 6) is -6.19. The molecular formula is C23H21F4N5O3. The lowest BCUT2D eigenvalue weighted by Crippen LogP contribution is -2.15. The lowest BCUT2D eigenvalue weighted by molar-refractivity contribution is -0.114. The first-order valence-electron chi connectivity index (χ1n) is 10.6. The highest BCUT2D eigenvalue weighted by Gasteiger charge is 2.31. The van der Waals surface area contributed by atoms with E-state index in [1.165, 1.54) is 31.3 Å². The Kier molecular flexibility index (Phi) is 6.72. The number of carbonyl (C=O) groups excluding carboxylic acids is 1. The van der Waals surface area contributed by atoms with E-state index in [1.54, 1.807) is 0 Å². The predicted molar refractivity (Wildman–Crippen MR) is 118 cm³/mol. The minimum absolute atomic E-state index is 0.00942. The molecule has 1 fully saturated rings. The van der Waals surface area contributed by atoms with Crippen LogP contribution in [0.2, 0.25) is 0 Å². The van der Waals surface area contributed by atoms with Crippen LogP contribution in [0.1, 0.15) is 38.1 Å². The zero-order chi connectivity index (χ0) is 25.2.